The molecule has 0 bridgehead atoms. The molecular formula is C16H26O6. The molecule has 6 heteroatoms. The van der Waals surface area contributed by atoms with Gasteiger partial charge in [0.05, 0.1) is 26.2 Å². The summed E-state index contributed by atoms with van der Waals surface area (Å²) < 4.78 is 13.9. The molecule has 0 fully saturated rings. The van der Waals surface area contributed by atoms with Crippen molar-refractivity contribution >= 4 is 17.9 Å². The van der Waals surface area contributed by atoms with E-state index < -0.39 is 11.9 Å². The van der Waals surface area contributed by atoms with E-state index in [4.69, 9.17) is 0 Å². The van der Waals surface area contributed by atoms with E-state index in [1.165, 1.54) is 6.08 Å². The van der Waals surface area contributed by atoms with Crippen molar-refractivity contribution in [3.8, 4) is 0 Å². The Balaban J connectivity index is 0. The predicted molar refractivity (Wildman–Crippen MR) is 83.1 cm³/mol. The van der Waals surface area contributed by atoms with Crippen LogP contribution in [0.3, 0.4) is 0 Å². The van der Waals surface area contributed by atoms with Gasteiger partial charge in [-0.15, -0.1) is 0 Å². The summed E-state index contributed by atoms with van der Waals surface area (Å²) in [5.41, 5.74) is 0.125. The summed E-state index contributed by atoms with van der Waals surface area (Å²) in [6, 6.07) is 0. The van der Waals surface area contributed by atoms with E-state index in [2.05, 4.69) is 27.4 Å². The van der Waals surface area contributed by atoms with Crippen LogP contribution in [0.4, 0.5) is 0 Å². The average Bonchev–Trinajstić information content (AvgIpc) is 2.48. The zero-order valence-corrected chi connectivity index (χ0v) is 13.7. The summed E-state index contributed by atoms with van der Waals surface area (Å²) in [6.07, 6.45) is 3.05. The molecule has 0 heterocycles. The first-order chi connectivity index (χ1) is 10.4. The minimum atomic E-state index is -0.546. The topological polar surface area (TPSA) is 78.9 Å². The Kier molecular flexibility index (Phi) is 15.4. The van der Waals surface area contributed by atoms with Crippen molar-refractivity contribution in [3.63, 3.8) is 0 Å². The minimum absolute atomic E-state index is 0.104. The third-order valence-corrected chi connectivity index (χ3v) is 2.14. The number of unbranched alkanes of at least 4 members (excludes halogenated alkanes) is 1. The van der Waals surface area contributed by atoms with Crippen LogP contribution < -0.4 is 0 Å². The predicted octanol–water partition coefficient (Wildman–Crippen LogP) is 2.57. The van der Waals surface area contributed by atoms with Crippen LogP contribution in [0.1, 0.15) is 40.0 Å². The molecule has 0 saturated carbocycles. The lowest BCUT2D eigenvalue weighted by Crippen LogP contribution is -2.12. The summed E-state index contributed by atoms with van der Waals surface area (Å²) in [7, 11) is 0. The van der Waals surface area contributed by atoms with Gasteiger partial charge in [0.2, 0.25) is 0 Å². The third kappa shape index (κ3) is 14.3. The molecule has 0 aromatic rings. The SMILES string of the molecule is C=C(CC(=O)OCC)C(=O)OCC.C=CC(=O)OCCCC. The van der Waals surface area contributed by atoms with Gasteiger partial charge in [0.15, 0.2) is 0 Å². The van der Waals surface area contributed by atoms with E-state index in [0.717, 1.165) is 12.8 Å². The molecular weight excluding hydrogens is 288 g/mol. The molecule has 0 radical (unpaired) electrons. The van der Waals surface area contributed by atoms with Crippen LogP contribution in [0.5, 0.6) is 0 Å². The highest BCUT2D eigenvalue weighted by atomic mass is 16.5. The molecule has 126 valence electrons. The molecule has 0 unspecified atom stereocenters. The van der Waals surface area contributed by atoms with Crippen molar-refractivity contribution in [2.24, 2.45) is 0 Å². The van der Waals surface area contributed by atoms with Gasteiger partial charge >= 0.3 is 17.9 Å². The Bertz CT molecular complexity index is 373. The van der Waals surface area contributed by atoms with Crippen molar-refractivity contribution in [2.75, 3.05) is 19.8 Å². The van der Waals surface area contributed by atoms with Gasteiger partial charge in [-0.1, -0.05) is 26.5 Å². The van der Waals surface area contributed by atoms with Crippen LogP contribution in [0.15, 0.2) is 24.8 Å². The summed E-state index contributed by atoms with van der Waals surface area (Å²) in [6.45, 7) is 13.2. The molecule has 0 aromatic heterocycles. The minimum Gasteiger partial charge on any atom is -0.466 e. The number of esters is 3. The maximum atomic E-state index is 11.0. The molecule has 6 nitrogen and oxygen atoms in total. The van der Waals surface area contributed by atoms with Crippen LogP contribution in [-0.2, 0) is 28.6 Å². The van der Waals surface area contributed by atoms with E-state index in [0.29, 0.717) is 13.2 Å². The molecule has 0 rings (SSSR count). The summed E-state index contributed by atoms with van der Waals surface area (Å²) in [5.74, 6) is -1.33. The fourth-order valence-corrected chi connectivity index (χ4v) is 1.07. The first-order valence-electron chi connectivity index (χ1n) is 7.22. The quantitative estimate of drug-likeness (QED) is 0.282. The number of carbonyl (C=O) groups is 3. The van der Waals surface area contributed by atoms with E-state index >= 15 is 0 Å². The standard InChI is InChI=1S/C9H14O4.C7H12O2/c1-4-12-8(10)6-7(3)9(11)13-5-2;1-3-5-6-9-7(8)4-2/h3-6H2,1-2H3;4H,2-3,5-6H2,1H3. The lowest BCUT2D eigenvalue weighted by atomic mass is 10.2. The van der Waals surface area contributed by atoms with Crippen LogP contribution in [0.25, 0.3) is 0 Å². The van der Waals surface area contributed by atoms with Gasteiger partial charge in [-0.3, -0.25) is 4.79 Å². The molecule has 0 aromatic carbocycles. The zero-order chi connectivity index (χ0) is 17.4. The lowest BCUT2D eigenvalue weighted by Gasteiger charge is -2.04. The van der Waals surface area contributed by atoms with Crippen molar-refractivity contribution in [2.45, 2.75) is 40.0 Å². The smallest absolute Gasteiger partial charge is 0.333 e. The molecule has 0 aliphatic heterocycles. The second-order valence-electron chi connectivity index (χ2n) is 4.03. The zero-order valence-electron chi connectivity index (χ0n) is 13.7. The number of rotatable bonds is 9. The van der Waals surface area contributed by atoms with Crippen LogP contribution in [0.2, 0.25) is 0 Å². The van der Waals surface area contributed by atoms with E-state index in [1.54, 1.807) is 13.8 Å². The number of hydrogen-bond donors (Lipinski definition) is 0. The van der Waals surface area contributed by atoms with Gasteiger partial charge in [0, 0.05) is 11.6 Å². The van der Waals surface area contributed by atoms with Crippen LogP contribution >= 0.6 is 0 Å². The molecule has 0 aliphatic rings. The molecule has 0 atom stereocenters. The normalized spacial score (nSPS) is 8.86. The van der Waals surface area contributed by atoms with Crippen molar-refractivity contribution in [1.29, 1.82) is 0 Å². The van der Waals surface area contributed by atoms with Crippen LogP contribution in [-0.4, -0.2) is 37.7 Å². The van der Waals surface area contributed by atoms with E-state index in [9.17, 15) is 14.4 Å². The van der Waals surface area contributed by atoms with Crippen LogP contribution in [0, 0.1) is 0 Å². The first-order valence-corrected chi connectivity index (χ1v) is 7.22. The summed E-state index contributed by atoms with van der Waals surface area (Å²) in [4.78, 5) is 32.2. The molecule has 0 amide bonds. The fraction of sp³-hybridized carbons (Fsp3) is 0.562. The number of carbonyl (C=O) groups excluding carboxylic acids is 3. The molecule has 0 aliphatic carbocycles. The lowest BCUT2D eigenvalue weighted by molar-refractivity contribution is -0.145. The molecule has 0 N–H and O–H groups in total. The van der Waals surface area contributed by atoms with Gasteiger partial charge in [0.25, 0.3) is 0 Å². The highest BCUT2D eigenvalue weighted by Gasteiger charge is 2.12. The molecule has 0 spiro atoms. The maximum absolute atomic E-state index is 11.0. The second kappa shape index (κ2) is 15.3. The van der Waals surface area contributed by atoms with Gasteiger partial charge in [-0.2, -0.15) is 0 Å². The third-order valence-electron chi connectivity index (χ3n) is 2.14. The molecule has 0 saturated heterocycles. The highest BCUT2D eigenvalue weighted by molar-refractivity contribution is 5.93. The Labute approximate surface area is 132 Å². The fourth-order valence-electron chi connectivity index (χ4n) is 1.07. The number of ether oxygens (including phenoxy) is 3. The maximum Gasteiger partial charge on any atom is 0.333 e. The number of hydrogen-bond acceptors (Lipinski definition) is 6. The molecule has 22 heavy (non-hydrogen) atoms. The summed E-state index contributed by atoms with van der Waals surface area (Å²) in [5, 5.41) is 0. The highest BCUT2D eigenvalue weighted by Crippen LogP contribution is 2.02. The second-order valence-corrected chi connectivity index (χ2v) is 4.03. The van der Waals surface area contributed by atoms with Crippen molar-refractivity contribution < 1.29 is 28.6 Å². The van der Waals surface area contributed by atoms with E-state index in [1.807, 2.05) is 6.92 Å². The van der Waals surface area contributed by atoms with Gasteiger partial charge in [-0.05, 0) is 20.3 Å². The Morgan fingerprint density at radius 3 is 2.05 bits per heavy atom. The largest absolute Gasteiger partial charge is 0.466 e. The first kappa shape index (κ1) is 22.2. The average molecular weight is 314 g/mol. The van der Waals surface area contributed by atoms with Gasteiger partial charge in [-0.25, -0.2) is 9.59 Å². The van der Waals surface area contributed by atoms with Gasteiger partial charge in [0.1, 0.15) is 0 Å². The Hall–Kier alpha value is -2.11. The van der Waals surface area contributed by atoms with Gasteiger partial charge < -0.3 is 14.2 Å². The summed E-state index contributed by atoms with van der Waals surface area (Å²) >= 11 is 0. The Morgan fingerprint density at radius 2 is 1.59 bits per heavy atom. The van der Waals surface area contributed by atoms with E-state index in [-0.39, 0.29) is 24.6 Å². The van der Waals surface area contributed by atoms with Crippen molar-refractivity contribution in [3.05, 3.63) is 24.8 Å². The monoisotopic (exact) mass is 314 g/mol. The Morgan fingerprint density at radius 1 is 1.00 bits per heavy atom. The van der Waals surface area contributed by atoms with Crippen molar-refractivity contribution in [1.82, 2.24) is 0 Å².